The van der Waals surface area contributed by atoms with E-state index in [1.807, 2.05) is 44.2 Å². The van der Waals surface area contributed by atoms with Crippen LogP contribution >= 0.6 is 0 Å². The normalized spacial score (nSPS) is 12.3. The van der Waals surface area contributed by atoms with Crippen LogP contribution in [0.2, 0.25) is 0 Å². The maximum atomic E-state index is 12.4. The van der Waals surface area contributed by atoms with Gasteiger partial charge in [0.05, 0.1) is 10.9 Å². The predicted octanol–water partition coefficient (Wildman–Crippen LogP) is 3.96. The third-order valence-electron chi connectivity index (χ3n) is 4.66. The Morgan fingerprint density at radius 2 is 1.52 bits per heavy atom. The number of nitrogens with one attached hydrogen (secondary N) is 2. The number of carbonyl (C=O) groups excluding carboxylic acids is 1. The summed E-state index contributed by atoms with van der Waals surface area (Å²) in [5.41, 5.74) is 3.33. The van der Waals surface area contributed by atoms with Crippen LogP contribution in [0.1, 0.15) is 40.0 Å². The van der Waals surface area contributed by atoms with Gasteiger partial charge in [-0.25, -0.2) is 13.1 Å². The second-order valence-electron chi connectivity index (χ2n) is 6.94. The molecule has 0 spiro atoms. The van der Waals surface area contributed by atoms with Crippen LogP contribution in [0.15, 0.2) is 83.8 Å². The molecule has 6 heteroatoms. The Kier molecular flexibility index (Phi) is 6.46. The van der Waals surface area contributed by atoms with Crippen LogP contribution in [0.25, 0.3) is 0 Å². The molecule has 0 aliphatic carbocycles. The van der Waals surface area contributed by atoms with Gasteiger partial charge in [-0.15, -0.1) is 0 Å². The summed E-state index contributed by atoms with van der Waals surface area (Å²) in [6.45, 7) is 3.99. The van der Waals surface area contributed by atoms with Crippen molar-refractivity contribution in [2.24, 2.45) is 0 Å². The molecule has 150 valence electrons. The standard InChI is InChI=1S/C23H24N2O3S/c1-17-8-14-22(15-9-17)29(27,28)24-16-19-10-12-21(13-11-19)23(26)25-18(2)20-6-4-3-5-7-20/h3-15,18,24H,16H2,1-2H3,(H,25,26)/t18-/m1/s1. The first-order valence-electron chi connectivity index (χ1n) is 9.36. The summed E-state index contributed by atoms with van der Waals surface area (Å²) in [5.74, 6) is -0.173. The largest absolute Gasteiger partial charge is 0.346 e. The molecule has 5 nitrogen and oxygen atoms in total. The molecule has 3 aromatic carbocycles. The summed E-state index contributed by atoms with van der Waals surface area (Å²) >= 11 is 0. The second kappa shape index (κ2) is 9.03. The number of carbonyl (C=O) groups is 1. The fraction of sp³-hybridized carbons (Fsp3) is 0.174. The van der Waals surface area contributed by atoms with Gasteiger partial charge >= 0.3 is 0 Å². The Bertz CT molecular complexity index is 1060. The molecule has 0 heterocycles. The summed E-state index contributed by atoms with van der Waals surface area (Å²) in [4.78, 5) is 12.7. The lowest BCUT2D eigenvalue weighted by Crippen LogP contribution is -2.26. The average Bonchev–Trinajstić information content (AvgIpc) is 2.73. The third-order valence-corrected chi connectivity index (χ3v) is 6.08. The van der Waals surface area contributed by atoms with Crippen LogP contribution in [-0.4, -0.2) is 14.3 Å². The lowest BCUT2D eigenvalue weighted by atomic mass is 10.1. The summed E-state index contributed by atoms with van der Waals surface area (Å²) in [6.07, 6.45) is 0. The number of amides is 1. The van der Waals surface area contributed by atoms with Crippen LogP contribution in [0, 0.1) is 6.92 Å². The summed E-state index contributed by atoms with van der Waals surface area (Å²) in [6, 6.07) is 23.2. The maximum absolute atomic E-state index is 12.4. The molecule has 0 radical (unpaired) electrons. The summed E-state index contributed by atoms with van der Waals surface area (Å²) < 4.78 is 27.3. The van der Waals surface area contributed by atoms with Gasteiger partial charge in [0.15, 0.2) is 0 Å². The Morgan fingerprint density at radius 1 is 0.897 bits per heavy atom. The SMILES string of the molecule is Cc1ccc(S(=O)(=O)NCc2ccc(C(=O)N[C@H](C)c3ccccc3)cc2)cc1. The predicted molar refractivity (Wildman–Crippen MR) is 114 cm³/mol. The van der Waals surface area contributed by atoms with E-state index in [2.05, 4.69) is 10.0 Å². The minimum atomic E-state index is -3.58. The van der Waals surface area contributed by atoms with Crippen molar-refractivity contribution >= 4 is 15.9 Å². The molecule has 2 N–H and O–H groups in total. The van der Waals surface area contributed by atoms with Crippen LogP contribution in [0.4, 0.5) is 0 Å². The fourth-order valence-electron chi connectivity index (χ4n) is 2.86. The van der Waals surface area contributed by atoms with Crippen molar-refractivity contribution in [2.75, 3.05) is 0 Å². The summed E-state index contributed by atoms with van der Waals surface area (Å²) in [5, 5.41) is 2.96. The first kappa shape index (κ1) is 20.8. The number of rotatable bonds is 7. The topological polar surface area (TPSA) is 75.3 Å². The zero-order valence-corrected chi connectivity index (χ0v) is 17.2. The molecule has 1 amide bonds. The molecular formula is C23H24N2O3S. The highest BCUT2D eigenvalue weighted by Crippen LogP contribution is 2.14. The van der Waals surface area contributed by atoms with Gasteiger partial charge in [0.1, 0.15) is 0 Å². The smallest absolute Gasteiger partial charge is 0.251 e. The molecule has 0 bridgehead atoms. The van der Waals surface area contributed by atoms with Crippen LogP contribution in [-0.2, 0) is 16.6 Å². The highest BCUT2D eigenvalue weighted by atomic mass is 32.2. The van der Waals surface area contributed by atoms with Crippen molar-refractivity contribution in [1.82, 2.24) is 10.0 Å². The van der Waals surface area contributed by atoms with E-state index in [0.717, 1.165) is 16.7 Å². The van der Waals surface area contributed by atoms with E-state index in [-0.39, 0.29) is 23.4 Å². The molecule has 0 saturated carbocycles. The number of aryl methyl sites for hydroxylation is 1. The van der Waals surface area contributed by atoms with E-state index in [4.69, 9.17) is 0 Å². The first-order valence-corrected chi connectivity index (χ1v) is 10.8. The monoisotopic (exact) mass is 408 g/mol. The van der Waals surface area contributed by atoms with Gasteiger partial charge in [-0.1, -0.05) is 60.2 Å². The van der Waals surface area contributed by atoms with Gasteiger partial charge in [-0.2, -0.15) is 0 Å². The Labute approximate surface area is 171 Å². The number of sulfonamides is 1. The van der Waals surface area contributed by atoms with Crippen molar-refractivity contribution in [2.45, 2.75) is 31.3 Å². The molecule has 0 unspecified atom stereocenters. The van der Waals surface area contributed by atoms with Crippen LogP contribution in [0.5, 0.6) is 0 Å². The molecular weight excluding hydrogens is 384 g/mol. The van der Waals surface area contributed by atoms with Crippen molar-refractivity contribution in [3.63, 3.8) is 0 Å². The highest BCUT2D eigenvalue weighted by molar-refractivity contribution is 7.89. The molecule has 0 aliphatic rings. The Morgan fingerprint density at radius 3 is 2.14 bits per heavy atom. The first-order chi connectivity index (χ1) is 13.8. The van der Waals surface area contributed by atoms with Crippen LogP contribution in [0.3, 0.4) is 0 Å². The molecule has 29 heavy (non-hydrogen) atoms. The lowest BCUT2D eigenvalue weighted by molar-refractivity contribution is 0.0940. The van der Waals surface area contributed by atoms with Crippen molar-refractivity contribution in [1.29, 1.82) is 0 Å². The minimum absolute atomic E-state index is 0.107. The van der Waals surface area contributed by atoms with Gasteiger partial charge in [-0.3, -0.25) is 4.79 Å². The van der Waals surface area contributed by atoms with E-state index in [1.54, 1.807) is 48.5 Å². The molecule has 3 rings (SSSR count). The zero-order valence-electron chi connectivity index (χ0n) is 16.4. The minimum Gasteiger partial charge on any atom is -0.346 e. The molecule has 0 aromatic heterocycles. The number of hydrogen-bond acceptors (Lipinski definition) is 3. The number of benzene rings is 3. The maximum Gasteiger partial charge on any atom is 0.251 e. The quantitative estimate of drug-likeness (QED) is 0.621. The third kappa shape index (κ3) is 5.53. The second-order valence-corrected chi connectivity index (χ2v) is 8.71. The van der Waals surface area contributed by atoms with Gasteiger partial charge in [0.25, 0.3) is 5.91 Å². The van der Waals surface area contributed by atoms with Crippen molar-refractivity contribution in [3.05, 3.63) is 101 Å². The fourth-order valence-corrected chi connectivity index (χ4v) is 3.88. The molecule has 0 saturated heterocycles. The average molecular weight is 409 g/mol. The highest BCUT2D eigenvalue weighted by Gasteiger charge is 2.14. The van der Waals surface area contributed by atoms with Gasteiger partial charge in [-0.05, 0) is 49.2 Å². The van der Waals surface area contributed by atoms with E-state index < -0.39 is 10.0 Å². The van der Waals surface area contributed by atoms with E-state index in [9.17, 15) is 13.2 Å². The van der Waals surface area contributed by atoms with Gasteiger partial charge in [0.2, 0.25) is 10.0 Å². The van der Waals surface area contributed by atoms with Crippen molar-refractivity contribution < 1.29 is 13.2 Å². The van der Waals surface area contributed by atoms with Gasteiger partial charge < -0.3 is 5.32 Å². The zero-order chi connectivity index (χ0) is 20.9. The molecule has 3 aromatic rings. The number of hydrogen-bond donors (Lipinski definition) is 2. The van der Waals surface area contributed by atoms with Gasteiger partial charge in [0, 0.05) is 12.1 Å². The molecule has 1 atom stereocenters. The lowest BCUT2D eigenvalue weighted by Gasteiger charge is -2.14. The van der Waals surface area contributed by atoms with E-state index in [0.29, 0.717) is 5.56 Å². The molecule has 0 fully saturated rings. The van der Waals surface area contributed by atoms with Crippen molar-refractivity contribution in [3.8, 4) is 0 Å². The Hall–Kier alpha value is -2.96. The summed E-state index contributed by atoms with van der Waals surface area (Å²) in [7, 11) is -3.58. The van der Waals surface area contributed by atoms with E-state index >= 15 is 0 Å². The van der Waals surface area contributed by atoms with E-state index in [1.165, 1.54) is 0 Å². The Balaban J connectivity index is 1.59. The molecule has 0 aliphatic heterocycles. The van der Waals surface area contributed by atoms with Crippen LogP contribution < -0.4 is 10.0 Å².